The average molecular weight is 318 g/mol. The minimum Gasteiger partial charge on any atom is -0.399 e. The third kappa shape index (κ3) is 3.75. The van der Waals surface area contributed by atoms with Crippen LogP contribution in [0.3, 0.4) is 0 Å². The number of carbonyl (C=O) groups excluding carboxylic acids is 1. The molecule has 126 valence electrons. The molecule has 6 heteroatoms. The number of aromatic nitrogens is 1. The van der Waals surface area contributed by atoms with E-state index in [0.717, 1.165) is 24.2 Å². The van der Waals surface area contributed by atoms with Gasteiger partial charge in [0.05, 0.1) is 17.6 Å². The van der Waals surface area contributed by atoms with Crippen molar-refractivity contribution in [2.24, 2.45) is 0 Å². The molecule has 0 radical (unpaired) electrons. The summed E-state index contributed by atoms with van der Waals surface area (Å²) in [5, 5.41) is 0. The minimum absolute atomic E-state index is 0.103. The van der Waals surface area contributed by atoms with Crippen LogP contribution in [0.15, 0.2) is 18.3 Å². The summed E-state index contributed by atoms with van der Waals surface area (Å²) in [6.45, 7) is 13.5. The molecule has 1 saturated heterocycles. The number of amides is 1. The highest BCUT2D eigenvalue weighted by molar-refractivity contribution is 6.62. The molecular formula is C17H27BN2O3. The van der Waals surface area contributed by atoms with Crippen LogP contribution >= 0.6 is 0 Å². The first-order valence-corrected chi connectivity index (χ1v) is 8.28. The number of hydrogen-bond acceptors (Lipinski definition) is 4. The van der Waals surface area contributed by atoms with Crippen molar-refractivity contribution < 1.29 is 14.1 Å². The van der Waals surface area contributed by atoms with Gasteiger partial charge in [0, 0.05) is 30.4 Å². The Hall–Kier alpha value is -1.40. The quantitative estimate of drug-likeness (QED) is 0.777. The smallest absolute Gasteiger partial charge is 0.399 e. The summed E-state index contributed by atoms with van der Waals surface area (Å²) in [5.41, 5.74) is 0.911. The largest absolute Gasteiger partial charge is 0.496 e. The van der Waals surface area contributed by atoms with Gasteiger partial charge in [0.2, 0.25) is 5.91 Å². The molecule has 1 aromatic rings. The van der Waals surface area contributed by atoms with E-state index in [1.807, 2.05) is 58.6 Å². The first-order chi connectivity index (χ1) is 10.7. The Kier molecular flexibility index (Phi) is 5.16. The van der Waals surface area contributed by atoms with Gasteiger partial charge in [0.1, 0.15) is 0 Å². The van der Waals surface area contributed by atoms with Crippen molar-refractivity contribution in [2.75, 3.05) is 13.1 Å². The van der Waals surface area contributed by atoms with Crippen molar-refractivity contribution in [1.29, 1.82) is 0 Å². The van der Waals surface area contributed by atoms with E-state index in [1.54, 1.807) is 6.20 Å². The summed E-state index contributed by atoms with van der Waals surface area (Å²) in [7, 11) is -0.417. The zero-order valence-corrected chi connectivity index (χ0v) is 15.0. The van der Waals surface area contributed by atoms with Crippen LogP contribution in [-0.4, -0.2) is 47.2 Å². The van der Waals surface area contributed by atoms with Crippen LogP contribution in [0.2, 0.25) is 0 Å². The summed E-state index contributed by atoms with van der Waals surface area (Å²) >= 11 is 0. The van der Waals surface area contributed by atoms with Crippen molar-refractivity contribution in [3.05, 3.63) is 24.0 Å². The highest BCUT2D eigenvalue weighted by Gasteiger charge is 2.51. The van der Waals surface area contributed by atoms with E-state index in [-0.39, 0.29) is 17.1 Å². The zero-order valence-electron chi connectivity index (χ0n) is 15.0. The highest BCUT2D eigenvalue weighted by atomic mass is 16.7. The van der Waals surface area contributed by atoms with Crippen LogP contribution in [0, 0.1) is 0 Å². The molecule has 1 amide bonds. The SMILES string of the molecule is CCN(CC)C(=O)Cc1ccc(B2OC(C)(C)C(C)(C)O2)cn1. The van der Waals surface area contributed by atoms with Gasteiger partial charge in [-0.15, -0.1) is 0 Å². The predicted octanol–water partition coefficient (Wildman–Crippen LogP) is 1.79. The van der Waals surface area contributed by atoms with E-state index in [9.17, 15) is 4.79 Å². The van der Waals surface area contributed by atoms with Gasteiger partial charge in [-0.2, -0.15) is 0 Å². The first-order valence-electron chi connectivity index (χ1n) is 8.28. The Morgan fingerprint density at radius 1 is 1.13 bits per heavy atom. The Labute approximate surface area is 139 Å². The average Bonchev–Trinajstić information content (AvgIpc) is 2.69. The van der Waals surface area contributed by atoms with E-state index in [4.69, 9.17) is 9.31 Å². The normalized spacial score (nSPS) is 19.0. The van der Waals surface area contributed by atoms with Crippen molar-refractivity contribution >= 4 is 18.5 Å². The second-order valence-corrected chi connectivity index (χ2v) is 6.91. The summed E-state index contributed by atoms with van der Waals surface area (Å²) < 4.78 is 12.0. The van der Waals surface area contributed by atoms with E-state index in [1.165, 1.54) is 0 Å². The number of rotatable bonds is 5. The fraction of sp³-hybridized carbons (Fsp3) is 0.647. The van der Waals surface area contributed by atoms with Crippen molar-refractivity contribution in [1.82, 2.24) is 9.88 Å². The van der Waals surface area contributed by atoms with Crippen molar-refractivity contribution in [3.63, 3.8) is 0 Å². The molecule has 0 N–H and O–H groups in total. The lowest BCUT2D eigenvalue weighted by molar-refractivity contribution is -0.130. The topological polar surface area (TPSA) is 51.7 Å². The summed E-state index contributed by atoms with van der Waals surface area (Å²) in [6.07, 6.45) is 2.07. The maximum atomic E-state index is 12.1. The maximum absolute atomic E-state index is 12.1. The van der Waals surface area contributed by atoms with Gasteiger partial charge in [-0.05, 0) is 47.6 Å². The molecule has 23 heavy (non-hydrogen) atoms. The van der Waals surface area contributed by atoms with Crippen LogP contribution in [0.25, 0.3) is 0 Å². The molecule has 2 rings (SSSR count). The maximum Gasteiger partial charge on any atom is 0.496 e. The standard InChI is InChI=1S/C17H27BN2O3/c1-7-20(8-2)15(21)11-14-10-9-13(12-19-14)18-22-16(3,4)17(5,6)23-18/h9-10,12H,7-8,11H2,1-6H3. The lowest BCUT2D eigenvalue weighted by Gasteiger charge is -2.32. The van der Waals surface area contributed by atoms with E-state index in [0.29, 0.717) is 6.42 Å². The van der Waals surface area contributed by atoms with Crippen LogP contribution < -0.4 is 5.46 Å². The third-order valence-electron chi connectivity index (χ3n) is 4.82. The summed E-state index contributed by atoms with van der Waals surface area (Å²) in [5.74, 6) is 0.103. The number of hydrogen-bond donors (Lipinski definition) is 0. The molecule has 0 atom stereocenters. The van der Waals surface area contributed by atoms with E-state index in [2.05, 4.69) is 4.98 Å². The van der Waals surface area contributed by atoms with E-state index < -0.39 is 7.12 Å². The molecule has 0 aromatic carbocycles. The zero-order chi connectivity index (χ0) is 17.3. The molecule has 0 saturated carbocycles. The highest BCUT2D eigenvalue weighted by Crippen LogP contribution is 2.36. The van der Waals surface area contributed by atoms with Crippen LogP contribution in [0.1, 0.15) is 47.2 Å². The molecule has 0 aliphatic carbocycles. The number of likely N-dealkylation sites (N-methyl/N-ethyl adjacent to an activating group) is 1. The Bertz CT molecular complexity index is 537. The lowest BCUT2D eigenvalue weighted by atomic mass is 9.80. The fourth-order valence-electron chi connectivity index (χ4n) is 2.50. The Balaban J connectivity index is 2.05. The number of carbonyl (C=O) groups is 1. The van der Waals surface area contributed by atoms with Gasteiger partial charge in [-0.25, -0.2) is 0 Å². The fourth-order valence-corrected chi connectivity index (χ4v) is 2.50. The van der Waals surface area contributed by atoms with Crippen LogP contribution in [0.4, 0.5) is 0 Å². The van der Waals surface area contributed by atoms with Gasteiger partial charge in [-0.1, -0.05) is 6.07 Å². The van der Waals surface area contributed by atoms with Gasteiger partial charge in [0.25, 0.3) is 0 Å². The molecule has 2 heterocycles. The molecule has 1 aliphatic rings. The second-order valence-electron chi connectivity index (χ2n) is 6.91. The van der Waals surface area contributed by atoms with Crippen molar-refractivity contribution in [3.8, 4) is 0 Å². The molecule has 1 aromatic heterocycles. The molecule has 1 aliphatic heterocycles. The molecule has 0 spiro atoms. The monoisotopic (exact) mass is 318 g/mol. The van der Waals surface area contributed by atoms with Crippen molar-refractivity contribution in [2.45, 2.75) is 59.2 Å². The number of nitrogens with zero attached hydrogens (tertiary/aromatic N) is 2. The third-order valence-corrected chi connectivity index (χ3v) is 4.82. The second kappa shape index (κ2) is 6.61. The molecular weight excluding hydrogens is 291 g/mol. The van der Waals surface area contributed by atoms with Gasteiger partial charge < -0.3 is 14.2 Å². The van der Waals surface area contributed by atoms with E-state index >= 15 is 0 Å². The summed E-state index contributed by atoms with van der Waals surface area (Å²) in [4.78, 5) is 18.3. The number of pyridine rings is 1. The molecule has 5 nitrogen and oxygen atoms in total. The van der Waals surface area contributed by atoms with Gasteiger partial charge in [0.15, 0.2) is 0 Å². The Morgan fingerprint density at radius 2 is 1.70 bits per heavy atom. The van der Waals surface area contributed by atoms with Crippen LogP contribution in [0.5, 0.6) is 0 Å². The van der Waals surface area contributed by atoms with Crippen LogP contribution in [-0.2, 0) is 20.5 Å². The molecule has 0 bridgehead atoms. The molecule has 0 unspecified atom stereocenters. The molecule has 1 fully saturated rings. The lowest BCUT2D eigenvalue weighted by Crippen LogP contribution is -2.41. The summed E-state index contributed by atoms with van der Waals surface area (Å²) in [6, 6.07) is 3.81. The van der Waals surface area contributed by atoms with Gasteiger partial charge in [-0.3, -0.25) is 9.78 Å². The Morgan fingerprint density at radius 3 is 2.13 bits per heavy atom. The first kappa shape index (κ1) is 18.0. The van der Waals surface area contributed by atoms with Gasteiger partial charge >= 0.3 is 7.12 Å². The predicted molar refractivity (Wildman–Crippen MR) is 91.6 cm³/mol. The minimum atomic E-state index is -0.417.